The number of aryl methyl sites for hydroxylation is 1. The Bertz CT molecular complexity index is 1020. The van der Waals surface area contributed by atoms with E-state index in [0.717, 1.165) is 68.6 Å². The molecular formula is C24H31N5O2. The van der Waals surface area contributed by atoms with Gasteiger partial charge >= 0.3 is 5.69 Å². The number of nitrogens with one attached hydrogen (secondary N) is 1. The van der Waals surface area contributed by atoms with E-state index >= 15 is 0 Å². The van der Waals surface area contributed by atoms with E-state index in [1.54, 1.807) is 6.20 Å². The Kier molecular flexibility index (Phi) is 5.63. The van der Waals surface area contributed by atoms with Gasteiger partial charge in [-0.1, -0.05) is 24.6 Å². The number of carbonyl (C=O) groups is 1. The smallest absolute Gasteiger partial charge is 0.339 e. The van der Waals surface area contributed by atoms with Crippen molar-refractivity contribution in [3.8, 4) is 11.1 Å². The molecule has 2 aromatic rings. The van der Waals surface area contributed by atoms with Gasteiger partial charge in [0.05, 0.1) is 12.2 Å². The van der Waals surface area contributed by atoms with Crippen LogP contribution < -0.4 is 5.69 Å². The van der Waals surface area contributed by atoms with Crippen LogP contribution in [-0.2, 0) is 17.8 Å². The normalized spacial score (nSPS) is 20.4. The molecule has 5 rings (SSSR count). The van der Waals surface area contributed by atoms with Crippen LogP contribution in [0.2, 0.25) is 0 Å². The van der Waals surface area contributed by atoms with Gasteiger partial charge in [-0.25, -0.2) is 4.79 Å². The molecule has 0 radical (unpaired) electrons. The molecule has 1 saturated heterocycles. The number of fused-ring (bicyclic) bond motifs is 1. The van der Waals surface area contributed by atoms with Crippen molar-refractivity contribution in [1.82, 2.24) is 24.7 Å². The van der Waals surface area contributed by atoms with E-state index in [2.05, 4.69) is 42.9 Å². The van der Waals surface area contributed by atoms with Gasteiger partial charge in [0.2, 0.25) is 5.91 Å². The van der Waals surface area contributed by atoms with Gasteiger partial charge in [0, 0.05) is 57.1 Å². The molecule has 1 N–H and O–H groups in total. The van der Waals surface area contributed by atoms with Crippen LogP contribution in [0.1, 0.15) is 36.1 Å². The van der Waals surface area contributed by atoms with Crippen molar-refractivity contribution in [2.24, 2.45) is 0 Å². The lowest BCUT2D eigenvalue weighted by molar-refractivity contribution is -0.135. The average molecular weight is 422 g/mol. The summed E-state index contributed by atoms with van der Waals surface area (Å²) in [6.45, 7) is 7.88. The van der Waals surface area contributed by atoms with Gasteiger partial charge in [0.25, 0.3) is 0 Å². The summed E-state index contributed by atoms with van der Waals surface area (Å²) in [7, 11) is 0. The van der Waals surface area contributed by atoms with Gasteiger partial charge in [0.1, 0.15) is 0 Å². The van der Waals surface area contributed by atoms with Crippen molar-refractivity contribution in [1.29, 1.82) is 0 Å². The monoisotopic (exact) mass is 421 g/mol. The van der Waals surface area contributed by atoms with Crippen LogP contribution >= 0.6 is 0 Å². The summed E-state index contributed by atoms with van der Waals surface area (Å²) in [6.07, 6.45) is 6.71. The minimum atomic E-state index is -0.316. The van der Waals surface area contributed by atoms with Crippen LogP contribution in [0.5, 0.6) is 0 Å². The molecular weight excluding hydrogens is 390 g/mol. The predicted octanol–water partition coefficient (Wildman–Crippen LogP) is 1.80. The van der Waals surface area contributed by atoms with Crippen LogP contribution in [0, 0.1) is 6.92 Å². The molecule has 1 aromatic heterocycles. The lowest BCUT2D eigenvalue weighted by atomic mass is 9.91. The highest BCUT2D eigenvalue weighted by Gasteiger charge is 2.30. The van der Waals surface area contributed by atoms with Crippen LogP contribution in [0.15, 0.2) is 29.2 Å². The van der Waals surface area contributed by atoms with Crippen LogP contribution in [0.4, 0.5) is 0 Å². The molecule has 7 heteroatoms. The second-order valence-corrected chi connectivity index (χ2v) is 9.15. The van der Waals surface area contributed by atoms with Crippen molar-refractivity contribution in [3.05, 3.63) is 51.7 Å². The second-order valence-electron chi connectivity index (χ2n) is 9.15. The number of rotatable bonds is 4. The van der Waals surface area contributed by atoms with Gasteiger partial charge < -0.3 is 9.88 Å². The summed E-state index contributed by atoms with van der Waals surface area (Å²) >= 11 is 0. The number of H-pyrrole nitrogens is 1. The third-order valence-electron chi connectivity index (χ3n) is 7.22. The van der Waals surface area contributed by atoms with Gasteiger partial charge in [-0.3, -0.25) is 14.6 Å². The SMILES string of the molecule is Cc1nc(=O)[nH]cc1-c1ccc2c(c1)CCN(CC(=O)N1CCN(C3CCC3)CC1)C2. The van der Waals surface area contributed by atoms with Crippen molar-refractivity contribution in [2.45, 2.75) is 45.2 Å². The lowest BCUT2D eigenvalue weighted by Gasteiger charge is -2.43. The number of piperazine rings is 1. The summed E-state index contributed by atoms with van der Waals surface area (Å²) in [4.78, 5) is 37.9. The maximum atomic E-state index is 12.9. The Morgan fingerprint density at radius 3 is 2.65 bits per heavy atom. The Morgan fingerprint density at radius 1 is 1.13 bits per heavy atom. The minimum Gasteiger partial charge on any atom is -0.339 e. The van der Waals surface area contributed by atoms with E-state index in [1.165, 1.54) is 30.4 Å². The Balaban J connectivity index is 1.19. The van der Waals surface area contributed by atoms with E-state index in [1.807, 2.05) is 6.92 Å². The predicted molar refractivity (Wildman–Crippen MR) is 120 cm³/mol. The molecule has 1 amide bonds. The van der Waals surface area contributed by atoms with Gasteiger partial charge in [-0.15, -0.1) is 0 Å². The molecule has 1 saturated carbocycles. The first-order chi connectivity index (χ1) is 15.1. The standard InChI is InChI=1S/C24H31N5O2/c1-17-22(14-25-24(31)26-17)19-5-6-20-15-27(8-7-18(20)13-19)16-23(30)29-11-9-28(10-12-29)21-3-2-4-21/h5-6,13-14,21H,2-4,7-12,15-16H2,1H3,(H,25,26,31). The second kappa shape index (κ2) is 8.55. The average Bonchev–Trinajstić information content (AvgIpc) is 2.73. The van der Waals surface area contributed by atoms with E-state index in [-0.39, 0.29) is 11.6 Å². The molecule has 0 unspecified atom stereocenters. The molecule has 0 spiro atoms. The van der Waals surface area contributed by atoms with Crippen LogP contribution in [-0.4, -0.2) is 75.9 Å². The Morgan fingerprint density at radius 2 is 1.94 bits per heavy atom. The number of benzene rings is 1. The van der Waals surface area contributed by atoms with Crippen LogP contribution in [0.3, 0.4) is 0 Å². The molecule has 7 nitrogen and oxygen atoms in total. The summed E-state index contributed by atoms with van der Waals surface area (Å²) in [6, 6.07) is 7.22. The molecule has 2 fully saturated rings. The molecule has 31 heavy (non-hydrogen) atoms. The number of nitrogens with zero attached hydrogens (tertiary/aromatic N) is 4. The summed E-state index contributed by atoms with van der Waals surface area (Å²) in [5.41, 5.74) is 5.07. The topological polar surface area (TPSA) is 72.5 Å². The van der Waals surface area contributed by atoms with Gasteiger partial charge in [-0.05, 0) is 42.9 Å². The van der Waals surface area contributed by atoms with Crippen molar-refractivity contribution in [2.75, 3.05) is 39.3 Å². The molecule has 0 bridgehead atoms. The first-order valence-corrected chi connectivity index (χ1v) is 11.5. The maximum Gasteiger partial charge on any atom is 0.345 e. The fourth-order valence-electron chi connectivity index (χ4n) is 5.07. The number of aromatic amines is 1. The Hall–Kier alpha value is -2.51. The zero-order valence-corrected chi connectivity index (χ0v) is 18.3. The van der Waals surface area contributed by atoms with Gasteiger partial charge in [-0.2, -0.15) is 4.98 Å². The van der Waals surface area contributed by atoms with E-state index in [9.17, 15) is 9.59 Å². The van der Waals surface area contributed by atoms with Gasteiger partial charge in [0.15, 0.2) is 0 Å². The number of amides is 1. The molecule has 1 aliphatic carbocycles. The van der Waals surface area contributed by atoms with E-state index in [0.29, 0.717) is 6.54 Å². The third kappa shape index (κ3) is 4.29. The highest BCUT2D eigenvalue weighted by Crippen LogP contribution is 2.28. The zero-order valence-electron chi connectivity index (χ0n) is 18.3. The van der Waals surface area contributed by atoms with E-state index in [4.69, 9.17) is 0 Å². The fourth-order valence-corrected chi connectivity index (χ4v) is 5.07. The van der Waals surface area contributed by atoms with Crippen molar-refractivity contribution >= 4 is 5.91 Å². The maximum absolute atomic E-state index is 12.9. The fraction of sp³-hybridized carbons (Fsp3) is 0.542. The number of hydrogen-bond acceptors (Lipinski definition) is 5. The molecule has 1 aromatic carbocycles. The molecule has 3 heterocycles. The largest absolute Gasteiger partial charge is 0.345 e. The highest BCUT2D eigenvalue weighted by molar-refractivity contribution is 5.78. The van der Waals surface area contributed by atoms with E-state index < -0.39 is 0 Å². The first-order valence-electron chi connectivity index (χ1n) is 11.5. The summed E-state index contributed by atoms with van der Waals surface area (Å²) < 4.78 is 0. The lowest BCUT2D eigenvalue weighted by Crippen LogP contribution is -2.55. The van der Waals surface area contributed by atoms with Crippen LogP contribution in [0.25, 0.3) is 11.1 Å². The Labute approximate surface area is 183 Å². The number of hydrogen-bond donors (Lipinski definition) is 1. The minimum absolute atomic E-state index is 0.267. The molecule has 164 valence electrons. The number of carbonyl (C=O) groups excluding carboxylic acids is 1. The first kappa shape index (κ1) is 20.4. The van der Waals surface area contributed by atoms with Crippen molar-refractivity contribution in [3.63, 3.8) is 0 Å². The van der Waals surface area contributed by atoms with Crippen molar-refractivity contribution < 1.29 is 4.79 Å². The quantitative estimate of drug-likeness (QED) is 0.815. The molecule has 0 atom stereocenters. The summed E-state index contributed by atoms with van der Waals surface area (Å²) in [5, 5.41) is 0. The third-order valence-corrected chi connectivity index (χ3v) is 7.22. The zero-order chi connectivity index (χ0) is 21.4. The number of aromatic nitrogens is 2. The highest BCUT2D eigenvalue weighted by atomic mass is 16.2. The summed E-state index contributed by atoms with van der Waals surface area (Å²) in [5.74, 6) is 0.267. The molecule has 2 aliphatic heterocycles. The molecule has 3 aliphatic rings.